The third-order valence-electron chi connectivity index (χ3n) is 3.19. The van der Waals surface area contributed by atoms with E-state index in [1.807, 2.05) is 12.1 Å². The van der Waals surface area contributed by atoms with Crippen molar-refractivity contribution in [1.82, 2.24) is 0 Å². The molecule has 1 aliphatic rings. The van der Waals surface area contributed by atoms with Crippen molar-refractivity contribution in [2.24, 2.45) is 11.7 Å². The van der Waals surface area contributed by atoms with Gasteiger partial charge in [-0.25, -0.2) is 0 Å². The minimum absolute atomic E-state index is 0. The number of hydrogen-bond donors (Lipinski definition) is 2. The molecule has 15 heavy (non-hydrogen) atoms. The van der Waals surface area contributed by atoms with Gasteiger partial charge in [-0.2, -0.15) is 0 Å². The minimum atomic E-state index is 0. The van der Waals surface area contributed by atoms with Gasteiger partial charge in [0, 0.05) is 6.04 Å². The Morgan fingerprint density at radius 2 is 1.67 bits per heavy atom. The van der Waals surface area contributed by atoms with E-state index in [2.05, 4.69) is 0 Å². The van der Waals surface area contributed by atoms with Crippen LogP contribution < -0.4 is 5.73 Å². The molecule has 0 radical (unpaired) electrons. The zero-order valence-corrected chi connectivity index (χ0v) is 9.54. The largest absolute Gasteiger partial charge is 0.508 e. The maximum absolute atomic E-state index is 9.16. The normalized spacial score (nSPS) is 18.5. The van der Waals surface area contributed by atoms with E-state index in [9.17, 15) is 0 Å². The van der Waals surface area contributed by atoms with Gasteiger partial charge in [0.2, 0.25) is 0 Å². The molecule has 0 aromatic heterocycles. The summed E-state index contributed by atoms with van der Waals surface area (Å²) in [6.45, 7) is 0. The Morgan fingerprint density at radius 3 is 2.20 bits per heavy atom. The van der Waals surface area contributed by atoms with Crippen LogP contribution in [0.1, 0.15) is 37.3 Å². The minimum Gasteiger partial charge on any atom is -0.508 e. The molecule has 0 saturated heterocycles. The van der Waals surface area contributed by atoms with Gasteiger partial charge in [0.05, 0.1) is 0 Å². The second kappa shape index (κ2) is 5.38. The first-order valence-electron chi connectivity index (χ1n) is 5.32. The van der Waals surface area contributed by atoms with Crippen molar-refractivity contribution < 1.29 is 5.11 Å². The molecular formula is C12H18ClNO. The SMILES string of the molecule is Cl.N[C@H](c1ccc(O)cc1)C1CCCC1. The number of nitrogens with two attached hydrogens (primary N) is 1. The number of halogens is 1. The molecule has 0 amide bonds. The molecule has 0 spiro atoms. The Hall–Kier alpha value is -0.730. The smallest absolute Gasteiger partial charge is 0.115 e. The molecule has 0 heterocycles. The van der Waals surface area contributed by atoms with E-state index in [1.54, 1.807) is 12.1 Å². The highest BCUT2D eigenvalue weighted by molar-refractivity contribution is 5.85. The van der Waals surface area contributed by atoms with E-state index < -0.39 is 0 Å². The second-order valence-electron chi connectivity index (χ2n) is 4.16. The molecule has 2 rings (SSSR count). The molecule has 2 nitrogen and oxygen atoms in total. The fraction of sp³-hybridized carbons (Fsp3) is 0.500. The average molecular weight is 228 g/mol. The van der Waals surface area contributed by atoms with Crippen molar-refractivity contribution in [3.05, 3.63) is 29.8 Å². The van der Waals surface area contributed by atoms with Gasteiger partial charge in [-0.15, -0.1) is 12.4 Å². The lowest BCUT2D eigenvalue weighted by atomic mass is 9.92. The molecule has 3 N–H and O–H groups in total. The molecule has 0 unspecified atom stereocenters. The topological polar surface area (TPSA) is 46.2 Å². The highest BCUT2D eigenvalue weighted by Crippen LogP contribution is 2.34. The monoisotopic (exact) mass is 227 g/mol. The summed E-state index contributed by atoms with van der Waals surface area (Å²) >= 11 is 0. The predicted octanol–water partition coefficient (Wildman–Crippen LogP) is 3.00. The Kier molecular flexibility index (Phi) is 4.43. The summed E-state index contributed by atoms with van der Waals surface area (Å²) in [5.74, 6) is 0.951. The van der Waals surface area contributed by atoms with Crippen molar-refractivity contribution in [3.8, 4) is 5.75 Å². The Morgan fingerprint density at radius 1 is 1.13 bits per heavy atom. The van der Waals surface area contributed by atoms with Crippen LogP contribution in [0, 0.1) is 5.92 Å². The van der Waals surface area contributed by atoms with Crippen molar-refractivity contribution in [3.63, 3.8) is 0 Å². The van der Waals surface area contributed by atoms with Crippen molar-refractivity contribution >= 4 is 12.4 Å². The van der Waals surface area contributed by atoms with Gasteiger partial charge in [0.15, 0.2) is 0 Å². The van der Waals surface area contributed by atoms with Crippen LogP contribution in [-0.2, 0) is 0 Å². The van der Waals surface area contributed by atoms with Crippen LogP contribution in [0.2, 0.25) is 0 Å². The van der Waals surface area contributed by atoms with Crippen LogP contribution in [0.5, 0.6) is 5.75 Å². The number of aromatic hydroxyl groups is 1. The first kappa shape index (κ1) is 12.3. The third kappa shape index (κ3) is 2.86. The van der Waals surface area contributed by atoms with Crippen molar-refractivity contribution in [2.75, 3.05) is 0 Å². The number of hydrogen-bond acceptors (Lipinski definition) is 2. The Labute approximate surface area is 96.9 Å². The quantitative estimate of drug-likeness (QED) is 0.816. The number of phenols is 1. The number of benzene rings is 1. The van der Waals surface area contributed by atoms with Crippen molar-refractivity contribution in [2.45, 2.75) is 31.7 Å². The van der Waals surface area contributed by atoms with Gasteiger partial charge >= 0.3 is 0 Å². The van der Waals surface area contributed by atoms with E-state index in [-0.39, 0.29) is 18.4 Å². The molecule has 1 aliphatic carbocycles. The fourth-order valence-electron chi connectivity index (χ4n) is 2.29. The molecule has 1 saturated carbocycles. The fourth-order valence-corrected chi connectivity index (χ4v) is 2.29. The van der Waals surface area contributed by atoms with E-state index >= 15 is 0 Å². The molecule has 1 fully saturated rings. The summed E-state index contributed by atoms with van der Waals surface area (Å²) in [6, 6.07) is 7.43. The van der Waals surface area contributed by atoms with E-state index in [0.717, 1.165) is 5.56 Å². The highest BCUT2D eigenvalue weighted by atomic mass is 35.5. The van der Waals surface area contributed by atoms with Crippen LogP contribution in [-0.4, -0.2) is 5.11 Å². The van der Waals surface area contributed by atoms with Crippen LogP contribution >= 0.6 is 12.4 Å². The number of rotatable bonds is 2. The molecule has 84 valence electrons. The van der Waals surface area contributed by atoms with E-state index in [0.29, 0.717) is 11.7 Å². The van der Waals surface area contributed by atoms with Crippen LogP contribution in [0.25, 0.3) is 0 Å². The van der Waals surface area contributed by atoms with Gasteiger partial charge in [-0.1, -0.05) is 25.0 Å². The summed E-state index contributed by atoms with van der Waals surface area (Å²) in [7, 11) is 0. The lowest BCUT2D eigenvalue weighted by Crippen LogP contribution is -2.18. The van der Waals surface area contributed by atoms with Crippen LogP contribution in [0.3, 0.4) is 0 Å². The van der Waals surface area contributed by atoms with Gasteiger partial charge in [0.1, 0.15) is 5.75 Å². The lowest BCUT2D eigenvalue weighted by Gasteiger charge is -2.18. The first-order valence-corrected chi connectivity index (χ1v) is 5.32. The molecule has 0 bridgehead atoms. The molecule has 3 heteroatoms. The highest BCUT2D eigenvalue weighted by Gasteiger charge is 2.22. The molecule has 1 atom stereocenters. The molecular weight excluding hydrogens is 210 g/mol. The Balaban J connectivity index is 0.00000112. The maximum atomic E-state index is 9.16. The zero-order valence-electron chi connectivity index (χ0n) is 8.73. The van der Waals surface area contributed by atoms with Gasteiger partial charge < -0.3 is 10.8 Å². The number of phenolic OH excluding ortho intramolecular Hbond substituents is 1. The maximum Gasteiger partial charge on any atom is 0.115 e. The third-order valence-corrected chi connectivity index (χ3v) is 3.19. The molecule has 1 aromatic carbocycles. The summed E-state index contributed by atoms with van der Waals surface area (Å²) in [6.07, 6.45) is 5.14. The van der Waals surface area contributed by atoms with Gasteiger partial charge in [-0.05, 0) is 36.5 Å². The van der Waals surface area contributed by atoms with E-state index in [4.69, 9.17) is 10.8 Å². The standard InChI is InChI=1S/C12H17NO.ClH/c13-12(9-3-1-2-4-9)10-5-7-11(14)8-6-10;/h5-9,12,14H,1-4,13H2;1H/t12-;/m0./s1. The van der Waals surface area contributed by atoms with Gasteiger partial charge in [-0.3, -0.25) is 0 Å². The predicted molar refractivity (Wildman–Crippen MR) is 64.2 cm³/mol. The Bertz CT molecular complexity index is 293. The zero-order chi connectivity index (χ0) is 9.97. The molecule has 1 aromatic rings. The van der Waals surface area contributed by atoms with Gasteiger partial charge in [0.25, 0.3) is 0 Å². The summed E-state index contributed by atoms with van der Waals surface area (Å²) < 4.78 is 0. The molecule has 0 aliphatic heterocycles. The second-order valence-corrected chi connectivity index (χ2v) is 4.16. The summed E-state index contributed by atoms with van der Waals surface area (Å²) in [5.41, 5.74) is 7.32. The lowest BCUT2D eigenvalue weighted by molar-refractivity contribution is 0.442. The average Bonchev–Trinajstić information content (AvgIpc) is 2.71. The summed E-state index contributed by atoms with van der Waals surface area (Å²) in [5, 5.41) is 9.16. The van der Waals surface area contributed by atoms with Crippen molar-refractivity contribution in [1.29, 1.82) is 0 Å². The first-order chi connectivity index (χ1) is 6.77. The summed E-state index contributed by atoms with van der Waals surface area (Å²) in [4.78, 5) is 0. The van der Waals surface area contributed by atoms with E-state index in [1.165, 1.54) is 25.7 Å². The van der Waals surface area contributed by atoms with Crippen LogP contribution in [0.15, 0.2) is 24.3 Å². The van der Waals surface area contributed by atoms with Crippen LogP contribution in [0.4, 0.5) is 0 Å².